The molecule has 1 aromatic carbocycles. The summed E-state index contributed by atoms with van der Waals surface area (Å²) in [5.41, 5.74) is 2.18. The molecule has 0 fully saturated rings. The third kappa shape index (κ3) is 2.57. The Hall–Kier alpha value is -1.79. The molecule has 0 saturated carbocycles. The molecule has 0 aliphatic rings. The predicted molar refractivity (Wildman–Crippen MR) is 81.1 cm³/mol. The number of benzene rings is 1. The number of hydrogen-bond acceptors (Lipinski definition) is 4. The number of aromatic amines is 1. The van der Waals surface area contributed by atoms with Crippen LogP contribution in [0.5, 0.6) is 0 Å². The first-order chi connectivity index (χ1) is 9.75. The quantitative estimate of drug-likeness (QED) is 0.771. The third-order valence-electron chi connectivity index (χ3n) is 3.24. The van der Waals surface area contributed by atoms with Crippen LogP contribution < -0.4 is 5.32 Å². The first-order valence-electron chi connectivity index (χ1n) is 6.36. The molecule has 1 unspecified atom stereocenters. The van der Waals surface area contributed by atoms with Gasteiger partial charge in [0.2, 0.25) is 0 Å². The van der Waals surface area contributed by atoms with E-state index in [1.165, 1.54) is 6.33 Å². The molecule has 0 amide bonds. The molecule has 5 nitrogen and oxygen atoms in total. The van der Waals surface area contributed by atoms with E-state index in [1.54, 1.807) is 0 Å². The van der Waals surface area contributed by atoms with Gasteiger partial charge in [-0.15, -0.1) is 0 Å². The molecule has 2 N–H and O–H groups in total. The standard InChI is InChI=1S/C14H14BrN5/c1-9(14-18-8-19-20-14)17-7-10-4-5-12(15)11-3-2-6-16-13(10)11/h2-6,8-9,17H,7H2,1H3,(H,18,19,20). The van der Waals surface area contributed by atoms with Crippen LogP contribution >= 0.6 is 15.9 Å². The summed E-state index contributed by atoms with van der Waals surface area (Å²) >= 11 is 3.56. The Bertz CT molecular complexity index is 711. The van der Waals surface area contributed by atoms with Gasteiger partial charge in [-0.25, -0.2) is 4.98 Å². The molecule has 0 saturated heterocycles. The lowest BCUT2D eigenvalue weighted by Gasteiger charge is -2.12. The Kier molecular flexibility index (Phi) is 3.75. The first-order valence-corrected chi connectivity index (χ1v) is 7.16. The van der Waals surface area contributed by atoms with Gasteiger partial charge in [-0.2, -0.15) is 5.10 Å². The summed E-state index contributed by atoms with van der Waals surface area (Å²) in [6, 6.07) is 8.26. The van der Waals surface area contributed by atoms with Gasteiger partial charge in [0, 0.05) is 22.6 Å². The van der Waals surface area contributed by atoms with Gasteiger partial charge in [-0.1, -0.05) is 28.1 Å². The van der Waals surface area contributed by atoms with Gasteiger partial charge in [0.1, 0.15) is 12.2 Å². The van der Waals surface area contributed by atoms with Gasteiger partial charge in [-0.05, 0) is 24.6 Å². The van der Waals surface area contributed by atoms with Crippen molar-refractivity contribution in [2.24, 2.45) is 0 Å². The minimum absolute atomic E-state index is 0.111. The number of rotatable bonds is 4. The molecular weight excluding hydrogens is 318 g/mol. The summed E-state index contributed by atoms with van der Waals surface area (Å²) < 4.78 is 1.06. The molecule has 1 atom stereocenters. The Morgan fingerprint density at radius 1 is 1.30 bits per heavy atom. The Morgan fingerprint density at radius 3 is 3.00 bits per heavy atom. The van der Waals surface area contributed by atoms with E-state index < -0.39 is 0 Å². The van der Waals surface area contributed by atoms with Crippen molar-refractivity contribution in [2.75, 3.05) is 0 Å². The predicted octanol–water partition coefficient (Wildman–Crippen LogP) is 2.97. The lowest BCUT2D eigenvalue weighted by molar-refractivity contribution is 0.549. The maximum atomic E-state index is 4.48. The largest absolute Gasteiger partial charge is 0.303 e. The van der Waals surface area contributed by atoms with E-state index in [0.29, 0.717) is 0 Å². The van der Waals surface area contributed by atoms with Crippen molar-refractivity contribution < 1.29 is 0 Å². The minimum atomic E-state index is 0.111. The van der Waals surface area contributed by atoms with Crippen molar-refractivity contribution >= 4 is 26.8 Å². The van der Waals surface area contributed by atoms with Gasteiger partial charge in [0.25, 0.3) is 0 Å². The number of halogens is 1. The average molecular weight is 332 g/mol. The summed E-state index contributed by atoms with van der Waals surface area (Å²) in [4.78, 5) is 8.63. The third-order valence-corrected chi connectivity index (χ3v) is 3.93. The second-order valence-electron chi connectivity index (χ2n) is 4.58. The van der Waals surface area contributed by atoms with Gasteiger partial charge in [0.15, 0.2) is 0 Å². The van der Waals surface area contributed by atoms with Gasteiger partial charge >= 0.3 is 0 Å². The smallest absolute Gasteiger partial charge is 0.141 e. The van der Waals surface area contributed by atoms with E-state index in [0.717, 1.165) is 33.3 Å². The Labute approximate surface area is 125 Å². The SMILES string of the molecule is CC(NCc1ccc(Br)c2cccnc12)c1ncn[nH]1. The molecule has 3 aromatic rings. The minimum Gasteiger partial charge on any atom is -0.303 e. The number of pyridine rings is 1. The van der Waals surface area contributed by atoms with Crippen LogP contribution in [0.1, 0.15) is 24.4 Å². The van der Waals surface area contributed by atoms with Crippen molar-refractivity contribution in [1.29, 1.82) is 0 Å². The van der Waals surface area contributed by atoms with Crippen LogP contribution in [0.3, 0.4) is 0 Å². The van der Waals surface area contributed by atoms with Crippen LogP contribution in [0.2, 0.25) is 0 Å². The molecule has 0 spiro atoms. The summed E-state index contributed by atoms with van der Waals surface area (Å²) in [5, 5.41) is 11.3. The van der Waals surface area contributed by atoms with Crippen molar-refractivity contribution in [3.05, 3.63) is 52.7 Å². The second kappa shape index (κ2) is 5.68. The fourth-order valence-corrected chi connectivity index (χ4v) is 2.57. The van der Waals surface area contributed by atoms with Crippen LogP contribution in [-0.4, -0.2) is 20.2 Å². The Balaban J connectivity index is 1.83. The number of fused-ring (bicyclic) bond motifs is 1. The maximum absolute atomic E-state index is 4.48. The van der Waals surface area contributed by atoms with Crippen molar-refractivity contribution in [1.82, 2.24) is 25.5 Å². The normalized spacial score (nSPS) is 12.7. The number of nitrogens with zero attached hydrogens (tertiary/aromatic N) is 3. The first kappa shape index (κ1) is 13.2. The van der Waals surface area contributed by atoms with Crippen LogP contribution in [0.4, 0.5) is 0 Å². The van der Waals surface area contributed by atoms with E-state index >= 15 is 0 Å². The number of hydrogen-bond donors (Lipinski definition) is 2. The van der Waals surface area contributed by atoms with E-state index in [1.807, 2.05) is 12.3 Å². The monoisotopic (exact) mass is 331 g/mol. The zero-order valence-corrected chi connectivity index (χ0v) is 12.6. The molecular formula is C14H14BrN5. The number of H-pyrrole nitrogens is 1. The van der Waals surface area contributed by atoms with Crippen LogP contribution in [0, 0.1) is 0 Å². The van der Waals surface area contributed by atoms with E-state index in [4.69, 9.17) is 0 Å². The van der Waals surface area contributed by atoms with Crippen LogP contribution in [-0.2, 0) is 6.54 Å². The molecule has 2 aromatic heterocycles. The highest BCUT2D eigenvalue weighted by Crippen LogP contribution is 2.25. The molecule has 2 heterocycles. The molecule has 0 aliphatic heterocycles. The molecule has 3 rings (SSSR count). The van der Waals surface area contributed by atoms with Gasteiger partial charge < -0.3 is 5.32 Å². The fourth-order valence-electron chi connectivity index (χ4n) is 2.12. The lowest BCUT2D eigenvalue weighted by Crippen LogP contribution is -2.19. The lowest BCUT2D eigenvalue weighted by atomic mass is 10.1. The summed E-state index contributed by atoms with van der Waals surface area (Å²) in [7, 11) is 0. The van der Waals surface area contributed by atoms with E-state index in [2.05, 4.69) is 66.5 Å². The van der Waals surface area contributed by atoms with Crippen molar-refractivity contribution in [2.45, 2.75) is 19.5 Å². The van der Waals surface area contributed by atoms with E-state index in [9.17, 15) is 0 Å². The van der Waals surface area contributed by atoms with Crippen molar-refractivity contribution in [3.8, 4) is 0 Å². The van der Waals surface area contributed by atoms with E-state index in [-0.39, 0.29) is 6.04 Å². The average Bonchev–Trinajstić information content (AvgIpc) is 3.01. The Morgan fingerprint density at radius 2 is 2.20 bits per heavy atom. The summed E-state index contributed by atoms with van der Waals surface area (Å²) in [6.45, 7) is 2.78. The zero-order chi connectivity index (χ0) is 13.9. The summed E-state index contributed by atoms with van der Waals surface area (Å²) in [5.74, 6) is 0.833. The van der Waals surface area contributed by atoms with Crippen LogP contribution in [0.15, 0.2) is 41.3 Å². The highest BCUT2D eigenvalue weighted by molar-refractivity contribution is 9.10. The molecule has 0 bridgehead atoms. The molecule has 0 aliphatic carbocycles. The second-order valence-corrected chi connectivity index (χ2v) is 5.43. The molecule has 102 valence electrons. The fraction of sp³-hybridized carbons (Fsp3) is 0.214. The number of aromatic nitrogens is 4. The zero-order valence-electron chi connectivity index (χ0n) is 11.0. The van der Waals surface area contributed by atoms with Crippen molar-refractivity contribution in [3.63, 3.8) is 0 Å². The van der Waals surface area contributed by atoms with Gasteiger partial charge in [0.05, 0.1) is 11.6 Å². The topological polar surface area (TPSA) is 66.5 Å². The highest BCUT2D eigenvalue weighted by Gasteiger charge is 2.10. The number of nitrogens with one attached hydrogen (secondary N) is 2. The summed E-state index contributed by atoms with van der Waals surface area (Å²) in [6.07, 6.45) is 3.34. The highest BCUT2D eigenvalue weighted by atomic mass is 79.9. The molecule has 6 heteroatoms. The molecule has 0 radical (unpaired) electrons. The maximum Gasteiger partial charge on any atom is 0.141 e. The van der Waals surface area contributed by atoms with Gasteiger partial charge in [-0.3, -0.25) is 10.1 Å². The van der Waals surface area contributed by atoms with Crippen LogP contribution in [0.25, 0.3) is 10.9 Å². The molecule has 20 heavy (non-hydrogen) atoms.